The van der Waals surface area contributed by atoms with Gasteiger partial charge in [-0.15, -0.1) is 0 Å². The lowest BCUT2D eigenvalue weighted by Gasteiger charge is -2.16. The summed E-state index contributed by atoms with van der Waals surface area (Å²) in [6, 6.07) is 4.03. The van der Waals surface area contributed by atoms with Crippen LogP contribution >= 0.6 is 0 Å². The number of amides is 3. The highest BCUT2D eigenvalue weighted by atomic mass is 19.1. The lowest BCUT2D eigenvalue weighted by Crippen LogP contribution is -2.34. The Morgan fingerprint density at radius 3 is 2.58 bits per heavy atom. The maximum Gasteiger partial charge on any atom is 0.256 e. The third-order valence-electron chi connectivity index (χ3n) is 5.93. The lowest BCUT2D eigenvalue weighted by atomic mass is 10.0. The van der Waals surface area contributed by atoms with Crippen LogP contribution in [0.5, 0.6) is 0 Å². The summed E-state index contributed by atoms with van der Waals surface area (Å²) in [4.78, 5) is 40.1. The highest BCUT2D eigenvalue weighted by molar-refractivity contribution is 6.34. The van der Waals surface area contributed by atoms with Gasteiger partial charge in [-0.2, -0.15) is 0 Å². The van der Waals surface area contributed by atoms with Crippen molar-refractivity contribution in [3.63, 3.8) is 0 Å². The molecule has 2 aromatic rings. The van der Waals surface area contributed by atoms with Crippen molar-refractivity contribution in [1.82, 2.24) is 15.6 Å². The molecular formula is C26H33FN4O5. The zero-order valence-electron chi connectivity index (χ0n) is 20.9. The predicted octanol–water partition coefficient (Wildman–Crippen LogP) is 2.41. The Bertz CT molecular complexity index is 1190. The number of rotatable bonds is 10. The van der Waals surface area contributed by atoms with Gasteiger partial charge in [0.05, 0.1) is 29.8 Å². The molecule has 0 aliphatic carbocycles. The van der Waals surface area contributed by atoms with Crippen molar-refractivity contribution in [1.29, 1.82) is 0 Å². The van der Waals surface area contributed by atoms with Crippen LogP contribution in [0.3, 0.4) is 0 Å². The molecule has 1 aliphatic heterocycles. The summed E-state index contributed by atoms with van der Waals surface area (Å²) in [7, 11) is 0. The molecule has 0 spiro atoms. The zero-order valence-corrected chi connectivity index (χ0v) is 20.9. The van der Waals surface area contributed by atoms with Crippen LogP contribution in [0.4, 0.5) is 10.1 Å². The van der Waals surface area contributed by atoms with Crippen molar-refractivity contribution >= 4 is 35.1 Å². The molecule has 0 bridgehead atoms. The Morgan fingerprint density at radius 2 is 1.89 bits per heavy atom. The van der Waals surface area contributed by atoms with E-state index in [9.17, 15) is 29.0 Å². The number of nitrogens with one attached hydrogen (secondary N) is 4. The number of aliphatic hydroxyl groups excluding tert-OH is 2. The second kappa shape index (κ2) is 11.5. The van der Waals surface area contributed by atoms with Crippen LogP contribution in [0.1, 0.15) is 66.0 Å². The number of aryl methyl sites for hydroxylation is 1. The second-order valence-corrected chi connectivity index (χ2v) is 9.38. The molecule has 0 saturated heterocycles. The van der Waals surface area contributed by atoms with Crippen molar-refractivity contribution < 1.29 is 29.0 Å². The van der Waals surface area contributed by atoms with E-state index in [4.69, 9.17) is 0 Å². The quantitative estimate of drug-likeness (QED) is 0.278. The van der Waals surface area contributed by atoms with Gasteiger partial charge in [0.1, 0.15) is 5.82 Å². The van der Waals surface area contributed by atoms with Gasteiger partial charge in [-0.1, -0.05) is 0 Å². The number of benzene rings is 1. The first-order valence-corrected chi connectivity index (χ1v) is 11.9. The predicted molar refractivity (Wildman–Crippen MR) is 135 cm³/mol. The molecule has 0 unspecified atom stereocenters. The summed E-state index contributed by atoms with van der Waals surface area (Å²) in [5.74, 6) is -1.45. The Morgan fingerprint density at radius 1 is 1.17 bits per heavy atom. The molecule has 2 heterocycles. The normalized spacial score (nSPS) is 15.6. The average Bonchev–Trinajstić information content (AvgIpc) is 3.22. The first kappa shape index (κ1) is 27.1. The van der Waals surface area contributed by atoms with E-state index < -0.39 is 18.0 Å². The Labute approximate surface area is 209 Å². The van der Waals surface area contributed by atoms with Crippen LogP contribution in [0.15, 0.2) is 18.2 Å². The number of hydrogen-bond acceptors (Lipinski definition) is 5. The fourth-order valence-electron chi connectivity index (χ4n) is 4.26. The van der Waals surface area contributed by atoms with E-state index >= 15 is 0 Å². The van der Waals surface area contributed by atoms with Gasteiger partial charge in [0.15, 0.2) is 0 Å². The van der Waals surface area contributed by atoms with Gasteiger partial charge in [-0.05, 0) is 70.4 Å². The molecular weight excluding hydrogens is 467 g/mol. The van der Waals surface area contributed by atoms with Gasteiger partial charge in [0, 0.05) is 35.2 Å². The molecule has 2 atom stereocenters. The van der Waals surface area contributed by atoms with E-state index in [1.54, 1.807) is 19.9 Å². The molecule has 10 heteroatoms. The van der Waals surface area contributed by atoms with Crippen molar-refractivity contribution in [3.05, 3.63) is 52.1 Å². The summed E-state index contributed by atoms with van der Waals surface area (Å²) < 4.78 is 13.7. The third kappa shape index (κ3) is 6.58. The molecule has 6 N–H and O–H groups in total. The molecule has 3 rings (SSSR count). The van der Waals surface area contributed by atoms with Crippen LogP contribution < -0.4 is 16.0 Å². The molecule has 194 valence electrons. The molecule has 0 radical (unpaired) electrons. The Kier molecular flexibility index (Phi) is 8.65. The van der Waals surface area contributed by atoms with Crippen molar-refractivity contribution in [3.8, 4) is 0 Å². The highest BCUT2D eigenvalue weighted by Gasteiger charge is 2.26. The maximum atomic E-state index is 13.7. The SMILES string of the molecule is Cc1[nH]c(C=C2C(=O)Nc3ccc(F)cc32)c(C)c1C(=O)NCC[C@@H](O)C[C@@H](O)CC(=O)NC(C)C. The average molecular weight is 501 g/mol. The zero-order chi connectivity index (χ0) is 26.6. The number of fused-ring (bicyclic) bond motifs is 1. The minimum atomic E-state index is -0.981. The summed E-state index contributed by atoms with van der Waals surface area (Å²) in [5, 5.41) is 28.3. The van der Waals surface area contributed by atoms with Crippen LogP contribution in [-0.2, 0) is 9.59 Å². The molecule has 1 aliphatic rings. The minimum absolute atomic E-state index is 0.0193. The number of aromatic nitrogens is 1. The highest BCUT2D eigenvalue weighted by Crippen LogP contribution is 2.34. The van der Waals surface area contributed by atoms with Gasteiger partial charge < -0.3 is 31.1 Å². The smallest absolute Gasteiger partial charge is 0.256 e. The topological polar surface area (TPSA) is 144 Å². The van der Waals surface area contributed by atoms with Gasteiger partial charge in [0.25, 0.3) is 11.8 Å². The molecule has 0 saturated carbocycles. The minimum Gasteiger partial charge on any atom is -0.393 e. The summed E-state index contributed by atoms with van der Waals surface area (Å²) in [5.41, 5.74) is 3.47. The first-order chi connectivity index (χ1) is 17.0. The van der Waals surface area contributed by atoms with Gasteiger partial charge in [-0.3, -0.25) is 14.4 Å². The molecule has 3 amide bonds. The number of anilines is 1. The van der Waals surface area contributed by atoms with E-state index in [1.165, 1.54) is 18.2 Å². The van der Waals surface area contributed by atoms with Crippen molar-refractivity contribution in [2.45, 2.75) is 65.2 Å². The number of halogens is 1. The number of carbonyl (C=O) groups is 3. The summed E-state index contributed by atoms with van der Waals surface area (Å²) in [6.07, 6.45) is -0.146. The number of aliphatic hydroxyl groups is 2. The number of hydrogen-bond donors (Lipinski definition) is 6. The molecule has 9 nitrogen and oxygen atoms in total. The van der Waals surface area contributed by atoms with E-state index in [2.05, 4.69) is 20.9 Å². The largest absolute Gasteiger partial charge is 0.393 e. The lowest BCUT2D eigenvalue weighted by molar-refractivity contribution is -0.123. The molecule has 36 heavy (non-hydrogen) atoms. The maximum absolute atomic E-state index is 13.7. The van der Waals surface area contributed by atoms with E-state index in [0.717, 1.165) is 0 Å². The van der Waals surface area contributed by atoms with Crippen LogP contribution in [0, 0.1) is 19.7 Å². The summed E-state index contributed by atoms with van der Waals surface area (Å²) >= 11 is 0. The molecule has 1 aromatic heterocycles. The van der Waals surface area contributed by atoms with Gasteiger partial charge in [-0.25, -0.2) is 4.39 Å². The van der Waals surface area contributed by atoms with Crippen LogP contribution in [0.25, 0.3) is 11.6 Å². The molecule has 0 fully saturated rings. The van der Waals surface area contributed by atoms with Crippen molar-refractivity contribution in [2.24, 2.45) is 0 Å². The molecule has 1 aromatic carbocycles. The van der Waals surface area contributed by atoms with Crippen molar-refractivity contribution in [2.75, 3.05) is 11.9 Å². The van der Waals surface area contributed by atoms with Gasteiger partial charge in [0.2, 0.25) is 5.91 Å². The van der Waals surface area contributed by atoms with E-state index in [1.807, 2.05) is 13.8 Å². The monoisotopic (exact) mass is 500 g/mol. The van der Waals surface area contributed by atoms with E-state index in [-0.39, 0.29) is 49.6 Å². The standard InChI is InChI=1S/C26H33FN4O5/c1-13(2)29-23(34)11-18(33)10-17(32)7-8-28-26(36)24-14(3)22(30-15(24)4)12-20-19-9-16(27)5-6-21(19)31-25(20)35/h5-6,9,12-13,17-18,30,32-33H,7-8,10-11H2,1-4H3,(H,28,36)(H,29,34)(H,31,35)/t17-,18-/m1/s1. The Balaban J connectivity index is 1.60. The Hall–Kier alpha value is -3.50. The second-order valence-electron chi connectivity index (χ2n) is 9.38. The summed E-state index contributed by atoms with van der Waals surface area (Å²) in [6.45, 7) is 7.29. The van der Waals surface area contributed by atoms with Gasteiger partial charge >= 0.3 is 0 Å². The number of aromatic amines is 1. The van der Waals surface area contributed by atoms with Crippen LogP contribution in [-0.4, -0.2) is 57.7 Å². The first-order valence-electron chi connectivity index (χ1n) is 11.9. The number of carbonyl (C=O) groups excluding carboxylic acids is 3. The van der Waals surface area contributed by atoms with Crippen LogP contribution in [0.2, 0.25) is 0 Å². The number of H-pyrrole nitrogens is 1. The fraction of sp³-hybridized carbons (Fsp3) is 0.423. The fourth-order valence-corrected chi connectivity index (χ4v) is 4.26. The van der Waals surface area contributed by atoms with E-state index in [0.29, 0.717) is 39.3 Å². The third-order valence-corrected chi connectivity index (χ3v) is 5.93.